The second-order valence-corrected chi connectivity index (χ2v) is 9.02. The van der Waals surface area contributed by atoms with E-state index in [1.165, 1.54) is 0 Å². The second kappa shape index (κ2) is 11.9. The number of ether oxygens (including phenoxy) is 1. The highest BCUT2D eigenvalue weighted by molar-refractivity contribution is 5.96. The van der Waals surface area contributed by atoms with E-state index in [4.69, 9.17) is 4.74 Å². The van der Waals surface area contributed by atoms with Crippen LogP contribution < -0.4 is 15.0 Å². The highest BCUT2D eigenvalue weighted by atomic mass is 16.5. The summed E-state index contributed by atoms with van der Waals surface area (Å²) in [6.45, 7) is 8.75. The third-order valence-corrected chi connectivity index (χ3v) is 6.79. The molecule has 2 amide bonds. The van der Waals surface area contributed by atoms with E-state index in [1.54, 1.807) is 0 Å². The Balaban J connectivity index is 1.30. The molecule has 182 valence electrons. The molecule has 0 aliphatic carbocycles. The van der Waals surface area contributed by atoms with Crippen molar-refractivity contribution in [3.63, 3.8) is 0 Å². The topological polar surface area (TPSA) is 65.1 Å². The number of carbonyl (C=O) groups is 2. The number of para-hydroxylation sites is 3. The SMILES string of the molecule is CCN1CCN(c2ccccc2NC(=O)C2CCCN(C(=O)CCOc3ccccc3)C2)CC1. The van der Waals surface area contributed by atoms with E-state index in [0.29, 0.717) is 26.1 Å². The lowest BCUT2D eigenvalue weighted by molar-refractivity contribution is -0.135. The molecule has 1 N–H and O–H groups in total. The molecule has 2 aliphatic rings. The van der Waals surface area contributed by atoms with Crippen molar-refractivity contribution in [2.45, 2.75) is 26.2 Å². The predicted molar refractivity (Wildman–Crippen MR) is 135 cm³/mol. The van der Waals surface area contributed by atoms with Gasteiger partial charge in [0.1, 0.15) is 5.75 Å². The summed E-state index contributed by atoms with van der Waals surface area (Å²) in [5.41, 5.74) is 1.94. The second-order valence-electron chi connectivity index (χ2n) is 9.02. The molecular weight excluding hydrogens is 428 g/mol. The van der Waals surface area contributed by atoms with Gasteiger partial charge in [0.2, 0.25) is 11.8 Å². The van der Waals surface area contributed by atoms with Crippen LogP contribution in [0.15, 0.2) is 54.6 Å². The molecule has 2 aromatic carbocycles. The van der Waals surface area contributed by atoms with Gasteiger partial charge in [-0.15, -0.1) is 0 Å². The van der Waals surface area contributed by atoms with E-state index in [1.807, 2.05) is 53.4 Å². The van der Waals surface area contributed by atoms with Crippen LogP contribution in [0.4, 0.5) is 11.4 Å². The zero-order valence-electron chi connectivity index (χ0n) is 20.1. The fraction of sp³-hybridized carbons (Fsp3) is 0.481. The van der Waals surface area contributed by atoms with Crippen molar-refractivity contribution < 1.29 is 14.3 Å². The summed E-state index contributed by atoms with van der Waals surface area (Å²) in [5.74, 6) is 0.610. The van der Waals surface area contributed by atoms with Gasteiger partial charge in [-0.25, -0.2) is 0 Å². The first-order valence-corrected chi connectivity index (χ1v) is 12.5. The summed E-state index contributed by atoms with van der Waals surface area (Å²) in [6.07, 6.45) is 1.95. The van der Waals surface area contributed by atoms with Crippen LogP contribution in [0.5, 0.6) is 5.75 Å². The highest BCUT2D eigenvalue weighted by Crippen LogP contribution is 2.28. The van der Waals surface area contributed by atoms with Gasteiger partial charge in [0.05, 0.1) is 30.3 Å². The number of amides is 2. The number of likely N-dealkylation sites (tertiary alicyclic amines) is 1. The van der Waals surface area contributed by atoms with Gasteiger partial charge in [-0.2, -0.15) is 0 Å². The fourth-order valence-electron chi connectivity index (χ4n) is 4.74. The molecule has 2 saturated heterocycles. The summed E-state index contributed by atoms with van der Waals surface area (Å²) in [5, 5.41) is 3.17. The lowest BCUT2D eigenvalue weighted by atomic mass is 9.96. The molecule has 0 saturated carbocycles. The zero-order valence-corrected chi connectivity index (χ0v) is 20.1. The van der Waals surface area contributed by atoms with Crippen molar-refractivity contribution in [1.82, 2.24) is 9.80 Å². The molecule has 4 rings (SSSR count). The molecule has 0 radical (unpaired) electrons. The Hall–Kier alpha value is -3.06. The van der Waals surface area contributed by atoms with Gasteiger partial charge in [-0.1, -0.05) is 37.3 Å². The highest BCUT2D eigenvalue weighted by Gasteiger charge is 2.29. The van der Waals surface area contributed by atoms with Crippen LogP contribution in [-0.4, -0.2) is 74.0 Å². The Labute approximate surface area is 202 Å². The van der Waals surface area contributed by atoms with E-state index >= 15 is 0 Å². The molecule has 7 heteroatoms. The third kappa shape index (κ3) is 6.29. The van der Waals surface area contributed by atoms with Gasteiger partial charge in [0.15, 0.2) is 0 Å². The van der Waals surface area contributed by atoms with Crippen molar-refractivity contribution >= 4 is 23.2 Å². The van der Waals surface area contributed by atoms with E-state index in [0.717, 1.165) is 62.7 Å². The van der Waals surface area contributed by atoms with Crippen molar-refractivity contribution in [3.05, 3.63) is 54.6 Å². The van der Waals surface area contributed by atoms with E-state index < -0.39 is 0 Å². The minimum absolute atomic E-state index is 0.00215. The Morgan fingerprint density at radius 1 is 0.971 bits per heavy atom. The monoisotopic (exact) mass is 464 g/mol. The number of anilines is 2. The molecule has 0 bridgehead atoms. The Bertz CT molecular complexity index is 944. The van der Waals surface area contributed by atoms with Crippen molar-refractivity contribution in [2.75, 3.05) is 62.6 Å². The first kappa shape index (κ1) is 24.1. The summed E-state index contributed by atoms with van der Waals surface area (Å²) >= 11 is 0. The number of nitrogens with one attached hydrogen (secondary N) is 1. The number of hydrogen-bond acceptors (Lipinski definition) is 5. The number of rotatable bonds is 8. The van der Waals surface area contributed by atoms with Crippen molar-refractivity contribution in [1.29, 1.82) is 0 Å². The molecule has 2 heterocycles. The summed E-state index contributed by atoms with van der Waals surface area (Å²) in [6, 6.07) is 17.6. The fourth-order valence-corrected chi connectivity index (χ4v) is 4.74. The van der Waals surface area contributed by atoms with E-state index in [2.05, 4.69) is 28.1 Å². The smallest absolute Gasteiger partial charge is 0.229 e. The minimum Gasteiger partial charge on any atom is -0.493 e. The van der Waals surface area contributed by atoms with E-state index in [-0.39, 0.29) is 17.7 Å². The van der Waals surface area contributed by atoms with Crippen LogP contribution in [0.3, 0.4) is 0 Å². The van der Waals surface area contributed by atoms with Crippen LogP contribution >= 0.6 is 0 Å². The number of likely N-dealkylation sites (N-methyl/N-ethyl adjacent to an activating group) is 1. The van der Waals surface area contributed by atoms with E-state index in [9.17, 15) is 9.59 Å². The largest absolute Gasteiger partial charge is 0.493 e. The van der Waals surface area contributed by atoms with Crippen LogP contribution in [0.1, 0.15) is 26.2 Å². The van der Waals surface area contributed by atoms with Gasteiger partial charge < -0.3 is 24.8 Å². The molecule has 7 nitrogen and oxygen atoms in total. The van der Waals surface area contributed by atoms with Gasteiger partial charge in [0.25, 0.3) is 0 Å². The number of piperazine rings is 1. The molecule has 0 spiro atoms. The molecule has 2 aliphatic heterocycles. The van der Waals surface area contributed by atoms with Crippen LogP contribution in [0.2, 0.25) is 0 Å². The minimum atomic E-state index is -0.197. The Morgan fingerprint density at radius 3 is 2.47 bits per heavy atom. The van der Waals surface area contributed by atoms with Crippen molar-refractivity contribution in [3.8, 4) is 5.75 Å². The first-order chi connectivity index (χ1) is 16.6. The quantitative estimate of drug-likeness (QED) is 0.648. The summed E-state index contributed by atoms with van der Waals surface area (Å²) < 4.78 is 5.67. The molecular formula is C27H36N4O3. The average molecular weight is 465 g/mol. The predicted octanol–water partition coefficient (Wildman–Crippen LogP) is 3.47. The van der Waals surface area contributed by atoms with Crippen LogP contribution in [0, 0.1) is 5.92 Å². The van der Waals surface area contributed by atoms with Gasteiger partial charge in [-0.05, 0) is 43.7 Å². The maximum Gasteiger partial charge on any atom is 0.229 e. The van der Waals surface area contributed by atoms with Gasteiger partial charge >= 0.3 is 0 Å². The third-order valence-electron chi connectivity index (χ3n) is 6.79. The average Bonchev–Trinajstić information content (AvgIpc) is 2.89. The number of hydrogen-bond donors (Lipinski definition) is 1. The van der Waals surface area contributed by atoms with Gasteiger partial charge in [0, 0.05) is 39.3 Å². The van der Waals surface area contributed by atoms with Crippen molar-refractivity contribution in [2.24, 2.45) is 5.92 Å². The Kier molecular flexibility index (Phi) is 8.41. The molecule has 34 heavy (non-hydrogen) atoms. The first-order valence-electron chi connectivity index (χ1n) is 12.5. The Morgan fingerprint density at radius 2 is 1.71 bits per heavy atom. The maximum absolute atomic E-state index is 13.2. The molecule has 1 atom stereocenters. The number of benzene rings is 2. The molecule has 2 fully saturated rings. The normalized spacial score (nSPS) is 19.0. The van der Waals surface area contributed by atoms with Gasteiger partial charge in [-0.3, -0.25) is 9.59 Å². The van der Waals surface area contributed by atoms with Crippen LogP contribution in [0.25, 0.3) is 0 Å². The molecule has 0 aromatic heterocycles. The summed E-state index contributed by atoms with van der Waals surface area (Å²) in [4.78, 5) is 32.5. The number of carbonyl (C=O) groups excluding carboxylic acids is 2. The lowest BCUT2D eigenvalue weighted by Crippen LogP contribution is -2.46. The maximum atomic E-state index is 13.2. The molecule has 1 unspecified atom stereocenters. The molecule has 2 aromatic rings. The summed E-state index contributed by atoms with van der Waals surface area (Å²) in [7, 11) is 0. The standard InChI is InChI=1S/C27H36N4O3/c1-2-29-16-18-30(19-17-29)25-13-7-6-12-24(25)28-27(33)22-9-8-15-31(21-22)26(32)14-20-34-23-10-4-3-5-11-23/h3-7,10-13,22H,2,8-9,14-21H2,1H3,(H,28,33). The number of piperidine rings is 1. The zero-order chi connectivity index (χ0) is 23.8. The lowest BCUT2D eigenvalue weighted by Gasteiger charge is -2.36. The number of nitrogens with zero attached hydrogens (tertiary/aromatic N) is 3. The van der Waals surface area contributed by atoms with Crippen LogP contribution in [-0.2, 0) is 9.59 Å².